The van der Waals surface area contributed by atoms with Crippen LogP contribution in [0.15, 0.2) is 42.5 Å². The maximum absolute atomic E-state index is 13.7. The van der Waals surface area contributed by atoms with Crippen LogP contribution < -0.4 is 15.5 Å². The molecule has 1 aliphatic heterocycles. The molecule has 0 saturated heterocycles. The number of benzene rings is 2. The normalized spacial score (nSPS) is 28.0. The number of anilines is 2. The van der Waals surface area contributed by atoms with Gasteiger partial charge in [-0.2, -0.15) is 0 Å². The van der Waals surface area contributed by atoms with Crippen molar-refractivity contribution in [3.8, 4) is 0 Å². The smallest absolute Gasteiger partial charge is 0.329 e. The van der Waals surface area contributed by atoms with Crippen LogP contribution in [0.2, 0.25) is 0 Å². The first kappa shape index (κ1) is 21.4. The van der Waals surface area contributed by atoms with Gasteiger partial charge in [0, 0.05) is 17.3 Å². The van der Waals surface area contributed by atoms with Crippen molar-refractivity contribution in [2.45, 2.75) is 58.7 Å². The zero-order chi connectivity index (χ0) is 22.3. The van der Waals surface area contributed by atoms with E-state index < -0.39 is 17.7 Å². The van der Waals surface area contributed by atoms with Gasteiger partial charge in [-0.25, -0.2) is 4.79 Å². The summed E-state index contributed by atoms with van der Waals surface area (Å²) in [6.45, 7) is 8.26. The maximum Gasteiger partial charge on any atom is 0.329 e. The molecule has 0 spiro atoms. The van der Waals surface area contributed by atoms with Crippen molar-refractivity contribution in [1.82, 2.24) is 5.32 Å². The van der Waals surface area contributed by atoms with E-state index in [4.69, 9.17) is 0 Å². The lowest BCUT2D eigenvalue weighted by Crippen LogP contribution is -2.64. The number of nitrogens with zero attached hydrogens (tertiary/aromatic N) is 1. The topological polar surface area (TPSA) is 81.7 Å². The van der Waals surface area contributed by atoms with Crippen molar-refractivity contribution in [2.24, 2.45) is 11.8 Å². The molecule has 0 aromatic heterocycles. The molecule has 0 radical (unpaired) electrons. The minimum atomic E-state index is -2.15. The van der Waals surface area contributed by atoms with E-state index in [1.807, 2.05) is 26.0 Å². The average Bonchev–Trinajstić information content (AvgIpc) is 2.74. The lowest BCUT2D eigenvalue weighted by Gasteiger charge is -2.44. The Morgan fingerprint density at radius 3 is 2.61 bits per heavy atom. The van der Waals surface area contributed by atoms with Gasteiger partial charge >= 0.3 is 6.03 Å². The van der Waals surface area contributed by atoms with Gasteiger partial charge in [0.1, 0.15) is 0 Å². The van der Waals surface area contributed by atoms with Crippen LogP contribution in [0.4, 0.5) is 16.2 Å². The van der Waals surface area contributed by atoms with Gasteiger partial charge in [-0.15, -0.1) is 0 Å². The van der Waals surface area contributed by atoms with Crippen LogP contribution >= 0.6 is 0 Å². The molecule has 1 saturated carbocycles. The first-order chi connectivity index (χ1) is 14.7. The van der Waals surface area contributed by atoms with Gasteiger partial charge in [0.15, 0.2) is 0 Å². The lowest BCUT2D eigenvalue weighted by atomic mass is 9.78. The first-order valence-corrected chi connectivity index (χ1v) is 11.0. The quantitative estimate of drug-likeness (QED) is 0.685. The number of amides is 3. The van der Waals surface area contributed by atoms with Crippen LogP contribution in [0.1, 0.15) is 49.8 Å². The van der Waals surface area contributed by atoms with Crippen LogP contribution in [0.3, 0.4) is 0 Å². The third-order valence-corrected chi connectivity index (χ3v) is 7.16. The average molecular weight is 422 g/mol. The second-order valence-electron chi connectivity index (χ2n) is 9.10. The van der Waals surface area contributed by atoms with Crippen LogP contribution in [0, 0.1) is 25.7 Å². The van der Waals surface area contributed by atoms with Crippen molar-refractivity contribution in [3.05, 3.63) is 59.2 Å². The van der Waals surface area contributed by atoms with Crippen molar-refractivity contribution in [2.75, 3.05) is 10.2 Å². The predicted molar refractivity (Wildman–Crippen MR) is 122 cm³/mol. The van der Waals surface area contributed by atoms with Crippen LogP contribution in [-0.2, 0) is 10.5 Å². The van der Waals surface area contributed by atoms with Gasteiger partial charge in [0.25, 0.3) is 11.6 Å². The van der Waals surface area contributed by atoms with E-state index in [1.54, 1.807) is 30.3 Å². The highest BCUT2D eigenvalue weighted by molar-refractivity contribution is 6.11. The summed E-state index contributed by atoms with van der Waals surface area (Å²) in [5.74, 6) is 0.217. The molecular weight excluding hydrogens is 390 g/mol. The number of aryl methyl sites for hydroxylation is 2. The molecule has 3 amide bonds. The fourth-order valence-electron chi connectivity index (χ4n) is 4.78. The molecule has 6 nitrogen and oxygen atoms in total. The molecule has 164 valence electrons. The van der Waals surface area contributed by atoms with E-state index in [2.05, 4.69) is 24.5 Å². The van der Waals surface area contributed by atoms with Gasteiger partial charge in [0.2, 0.25) is 0 Å². The summed E-state index contributed by atoms with van der Waals surface area (Å²) in [7, 11) is 0. The molecule has 2 aliphatic rings. The largest absolute Gasteiger partial charge is 0.359 e. The Labute approximate surface area is 183 Å². The van der Waals surface area contributed by atoms with Crippen molar-refractivity contribution >= 4 is 23.3 Å². The Morgan fingerprint density at radius 2 is 1.87 bits per heavy atom. The number of fused-ring (bicyclic) bond motifs is 1. The third-order valence-electron chi connectivity index (χ3n) is 7.16. The zero-order valence-electron chi connectivity index (χ0n) is 18.6. The summed E-state index contributed by atoms with van der Waals surface area (Å²) < 4.78 is 0. The molecular formula is C25H31N3O3. The molecule has 1 aliphatic carbocycles. The van der Waals surface area contributed by atoms with E-state index in [0.29, 0.717) is 28.8 Å². The van der Waals surface area contributed by atoms with Gasteiger partial charge in [-0.3, -0.25) is 9.69 Å². The Morgan fingerprint density at radius 1 is 1.13 bits per heavy atom. The van der Waals surface area contributed by atoms with Crippen molar-refractivity contribution in [3.63, 3.8) is 0 Å². The number of carbonyl (C=O) groups excluding carboxylic acids is 2. The second-order valence-corrected chi connectivity index (χ2v) is 9.10. The van der Waals surface area contributed by atoms with E-state index >= 15 is 0 Å². The SMILES string of the molecule is Cc1ccc(N2C(=O)Nc3ccccc3[C@]2(O)C(=O)N[C@@H]2CCC[C@@H](C)[C@H]2C)cc1C. The zero-order valence-corrected chi connectivity index (χ0v) is 18.6. The van der Waals surface area contributed by atoms with Crippen molar-refractivity contribution in [1.29, 1.82) is 0 Å². The van der Waals surface area contributed by atoms with Crippen LogP contribution in [0.25, 0.3) is 0 Å². The van der Waals surface area contributed by atoms with Gasteiger partial charge in [-0.1, -0.05) is 51.0 Å². The number of carbonyl (C=O) groups is 2. The molecule has 1 heterocycles. The Bertz CT molecular complexity index is 1020. The van der Waals surface area contributed by atoms with Gasteiger partial charge in [0.05, 0.1) is 5.69 Å². The predicted octanol–water partition coefficient (Wildman–Crippen LogP) is 4.44. The molecule has 1 fully saturated rings. The molecule has 2 aromatic rings. The summed E-state index contributed by atoms with van der Waals surface area (Å²) in [6, 6.07) is 11.8. The molecule has 31 heavy (non-hydrogen) atoms. The molecule has 4 rings (SSSR count). The Hall–Kier alpha value is -2.86. The molecule has 6 heteroatoms. The number of hydrogen-bond donors (Lipinski definition) is 3. The fraction of sp³-hybridized carbons (Fsp3) is 0.440. The number of urea groups is 1. The van der Waals surface area contributed by atoms with Crippen LogP contribution in [0.5, 0.6) is 0 Å². The third kappa shape index (κ3) is 3.59. The second kappa shape index (κ2) is 8.00. The van der Waals surface area contributed by atoms with Crippen LogP contribution in [-0.4, -0.2) is 23.1 Å². The standard InChI is InChI=1S/C25H31N3O3/c1-15-12-13-19(14-17(15)3)28-24(30)27-22-10-6-5-9-20(22)25(28,31)23(29)26-21-11-7-8-16(2)18(21)4/h5-6,9-10,12-14,16,18,21,31H,7-8,11H2,1-4H3,(H,26,29)(H,27,30)/t16-,18-,21-,25+/m1/s1. The van der Waals surface area contributed by atoms with E-state index in [9.17, 15) is 14.7 Å². The number of para-hydroxylation sites is 1. The van der Waals surface area contributed by atoms with Crippen molar-refractivity contribution < 1.29 is 14.7 Å². The van der Waals surface area contributed by atoms with Gasteiger partial charge < -0.3 is 15.7 Å². The van der Waals surface area contributed by atoms with E-state index in [0.717, 1.165) is 30.4 Å². The molecule has 3 N–H and O–H groups in total. The first-order valence-electron chi connectivity index (χ1n) is 11.0. The minimum absolute atomic E-state index is 0.0426. The monoisotopic (exact) mass is 421 g/mol. The highest BCUT2D eigenvalue weighted by Gasteiger charge is 2.52. The fourth-order valence-corrected chi connectivity index (χ4v) is 4.78. The molecule has 2 aromatic carbocycles. The summed E-state index contributed by atoms with van der Waals surface area (Å²) in [5.41, 5.74) is 1.16. The number of rotatable bonds is 3. The minimum Gasteiger partial charge on any atom is -0.359 e. The highest BCUT2D eigenvalue weighted by Crippen LogP contribution is 2.41. The number of nitrogens with one attached hydrogen (secondary N) is 2. The summed E-state index contributed by atoms with van der Waals surface area (Å²) in [5, 5.41) is 17.9. The summed E-state index contributed by atoms with van der Waals surface area (Å²) in [6.07, 6.45) is 3.04. The number of hydrogen-bond acceptors (Lipinski definition) is 3. The van der Waals surface area contributed by atoms with E-state index in [-0.39, 0.29) is 6.04 Å². The molecule has 4 atom stereocenters. The van der Waals surface area contributed by atoms with E-state index in [1.165, 1.54) is 4.90 Å². The highest BCUT2D eigenvalue weighted by atomic mass is 16.3. The molecule has 0 bridgehead atoms. The Kier molecular flexibility index (Phi) is 5.52. The molecule has 0 unspecified atom stereocenters. The lowest BCUT2D eigenvalue weighted by molar-refractivity contribution is -0.141. The summed E-state index contributed by atoms with van der Waals surface area (Å²) >= 11 is 0. The number of aliphatic hydroxyl groups is 1. The Balaban J connectivity index is 1.79. The van der Waals surface area contributed by atoms with Gasteiger partial charge in [-0.05, 0) is 61.4 Å². The maximum atomic E-state index is 13.7. The summed E-state index contributed by atoms with van der Waals surface area (Å²) in [4.78, 5) is 28.0.